The first-order valence-electron chi connectivity index (χ1n) is 6.54. The molecule has 4 nitrogen and oxygen atoms in total. The molecule has 0 aliphatic rings. The second-order valence-corrected chi connectivity index (χ2v) is 12.0. The van der Waals surface area contributed by atoms with Gasteiger partial charge in [-0.2, -0.15) is 0 Å². The van der Waals surface area contributed by atoms with Crippen molar-refractivity contribution in [3.8, 4) is 0 Å². The van der Waals surface area contributed by atoms with Crippen molar-refractivity contribution in [2.24, 2.45) is 0 Å². The highest BCUT2D eigenvalue weighted by Gasteiger charge is 2.15. The lowest BCUT2D eigenvalue weighted by molar-refractivity contribution is 0.0897. The van der Waals surface area contributed by atoms with Crippen LogP contribution >= 0.6 is 11.6 Å². The summed E-state index contributed by atoms with van der Waals surface area (Å²) in [6.07, 6.45) is 0. The Bertz CT molecular complexity index is 629. The fraction of sp³-hybridized carbons (Fsp3) is 0.500. The summed E-state index contributed by atoms with van der Waals surface area (Å²) in [5.41, 5.74) is 1.34. The number of ether oxygens (including phenoxy) is 1. The molecular weight excluding hydrogens is 296 g/mol. The van der Waals surface area contributed by atoms with Crippen LogP contribution in [-0.2, 0) is 11.5 Å². The van der Waals surface area contributed by atoms with Crippen LogP contribution in [0.3, 0.4) is 0 Å². The van der Waals surface area contributed by atoms with Crippen LogP contribution in [0.25, 0.3) is 11.2 Å². The van der Waals surface area contributed by atoms with Gasteiger partial charge in [0.05, 0.1) is 0 Å². The van der Waals surface area contributed by atoms with Crippen molar-refractivity contribution in [1.29, 1.82) is 0 Å². The number of hydrogen-bond donors (Lipinski definition) is 0. The zero-order valence-corrected chi connectivity index (χ0v) is 14.0. The number of fused-ring (bicyclic) bond motifs is 1. The Morgan fingerprint density at radius 1 is 1.40 bits per heavy atom. The van der Waals surface area contributed by atoms with Gasteiger partial charge in [-0.15, -0.1) is 0 Å². The SMILES string of the molecule is Bc1nc2c(cc1F)nc(Cl)n2COCC[Si](C)(C)C. The van der Waals surface area contributed by atoms with E-state index in [1.54, 1.807) is 12.4 Å². The monoisotopic (exact) mass is 313 g/mol. The van der Waals surface area contributed by atoms with Crippen molar-refractivity contribution in [1.82, 2.24) is 14.5 Å². The van der Waals surface area contributed by atoms with Gasteiger partial charge in [-0.3, -0.25) is 4.57 Å². The average molecular weight is 314 g/mol. The molecule has 0 fully saturated rings. The highest BCUT2D eigenvalue weighted by Crippen LogP contribution is 2.18. The predicted molar refractivity (Wildman–Crippen MR) is 84.8 cm³/mol. The van der Waals surface area contributed by atoms with E-state index in [4.69, 9.17) is 16.3 Å². The van der Waals surface area contributed by atoms with Crippen molar-refractivity contribution in [3.63, 3.8) is 0 Å². The van der Waals surface area contributed by atoms with Crippen LogP contribution in [-0.4, -0.2) is 37.1 Å². The number of hydrogen-bond acceptors (Lipinski definition) is 3. The van der Waals surface area contributed by atoms with E-state index in [2.05, 4.69) is 29.6 Å². The maximum Gasteiger partial charge on any atom is 0.206 e. The van der Waals surface area contributed by atoms with Gasteiger partial charge in [-0.05, 0) is 17.6 Å². The quantitative estimate of drug-likeness (QED) is 0.624. The number of imidazole rings is 1. The summed E-state index contributed by atoms with van der Waals surface area (Å²) in [5, 5.41) is 0.269. The Labute approximate surface area is 124 Å². The molecule has 20 heavy (non-hydrogen) atoms. The second-order valence-electron chi connectivity index (χ2n) is 6.06. The molecular formula is C12H18BClFN3OSi. The van der Waals surface area contributed by atoms with E-state index in [0.29, 0.717) is 23.4 Å². The van der Waals surface area contributed by atoms with E-state index in [9.17, 15) is 4.39 Å². The van der Waals surface area contributed by atoms with Crippen LogP contribution in [0, 0.1) is 5.82 Å². The van der Waals surface area contributed by atoms with Crippen molar-refractivity contribution in [2.75, 3.05) is 6.61 Å². The zero-order valence-electron chi connectivity index (χ0n) is 12.2. The topological polar surface area (TPSA) is 39.9 Å². The number of pyridine rings is 1. The van der Waals surface area contributed by atoms with Crippen molar-refractivity contribution in [2.45, 2.75) is 32.4 Å². The molecule has 0 spiro atoms. The molecule has 0 bridgehead atoms. The molecule has 0 unspecified atom stereocenters. The van der Waals surface area contributed by atoms with Crippen LogP contribution in [0.1, 0.15) is 0 Å². The van der Waals surface area contributed by atoms with Crippen molar-refractivity contribution >= 4 is 44.3 Å². The molecule has 0 amide bonds. The molecule has 0 saturated heterocycles. The van der Waals surface area contributed by atoms with Crippen molar-refractivity contribution in [3.05, 3.63) is 17.2 Å². The number of nitrogens with zero attached hydrogens (tertiary/aromatic N) is 3. The third kappa shape index (κ3) is 3.59. The van der Waals surface area contributed by atoms with Gasteiger partial charge in [0, 0.05) is 26.3 Å². The van der Waals surface area contributed by atoms with E-state index in [-0.39, 0.29) is 17.8 Å². The van der Waals surface area contributed by atoms with Crippen LogP contribution in [0.5, 0.6) is 0 Å². The van der Waals surface area contributed by atoms with Gasteiger partial charge < -0.3 is 4.74 Å². The van der Waals surface area contributed by atoms with Gasteiger partial charge in [0.2, 0.25) is 5.28 Å². The molecule has 2 heterocycles. The van der Waals surface area contributed by atoms with Gasteiger partial charge in [0.1, 0.15) is 18.1 Å². The van der Waals surface area contributed by atoms with Crippen LogP contribution in [0.15, 0.2) is 6.07 Å². The maximum atomic E-state index is 13.4. The highest BCUT2D eigenvalue weighted by molar-refractivity contribution is 6.76. The first-order valence-corrected chi connectivity index (χ1v) is 10.6. The first-order chi connectivity index (χ1) is 9.28. The zero-order chi connectivity index (χ0) is 14.9. The average Bonchev–Trinajstić information content (AvgIpc) is 2.60. The smallest absolute Gasteiger partial charge is 0.206 e. The van der Waals surface area contributed by atoms with Gasteiger partial charge in [0.25, 0.3) is 0 Å². The lowest BCUT2D eigenvalue weighted by atomic mass is 10.0. The molecule has 0 saturated carbocycles. The van der Waals surface area contributed by atoms with Gasteiger partial charge in [-0.25, -0.2) is 14.4 Å². The Morgan fingerprint density at radius 3 is 2.75 bits per heavy atom. The van der Waals surface area contributed by atoms with E-state index in [1.165, 1.54) is 6.07 Å². The molecule has 0 N–H and O–H groups in total. The summed E-state index contributed by atoms with van der Waals surface area (Å²) in [5.74, 6) is -0.376. The lowest BCUT2D eigenvalue weighted by Crippen LogP contribution is -2.22. The summed E-state index contributed by atoms with van der Waals surface area (Å²) < 4.78 is 20.8. The second kappa shape index (κ2) is 5.83. The van der Waals surface area contributed by atoms with Gasteiger partial charge >= 0.3 is 0 Å². The van der Waals surface area contributed by atoms with E-state index in [0.717, 1.165) is 6.04 Å². The minimum atomic E-state index is -1.11. The Kier molecular flexibility index (Phi) is 4.51. The summed E-state index contributed by atoms with van der Waals surface area (Å²) in [6, 6.07) is 2.43. The molecule has 2 aromatic rings. The first kappa shape index (κ1) is 15.5. The van der Waals surface area contributed by atoms with E-state index < -0.39 is 8.07 Å². The maximum absolute atomic E-state index is 13.4. The van der Waals surface area contributed by atoms with Crippen LogP contribution < -0.4 is 5.59 Å². The molecule has 8 heteroatoms. The Balaban J connectivity index is 2.14. The molecule has 0 atom stereocenters. The molecule has 0 radical (unpaired) electrons. The third-order valence-electron chi connectivity index (χ3n) is 3.02. The number of rotatable bonds is 5. The minimum Gasteiger partial charge on any atom is -0.361 e. The van der Waals surface area contributed by atoms with Gasteiger partial charge in [0.15, 0.2) is 13.5 Å². The van der Waals surface area contributed by atoms with E-state index in [1.807, 2.05) is 0 Å². The fourth-order valence-corrected chi connectivity index (χ4v) is 2.71. The lowest BCUT2D eigenvalue weighted by Gasteiger charge is -2.15. The summed E-state index contributed by atoms with van der Waals surface area (Å²) in [7, 11) is 0.506. The third-order valence-corrected chi connectivity index (χ3v) is 5.01. The summed E-state index contributed by atoms with van der Waals surface area (Å²) >= 11 is 6.06. The van der Waals surface area contributed by atoms with Crippen LogP contribution in [0.2, 0.25) is 31.0 Å². The highest BCUT2D eigenvalue weighted by atomic mass is 35.5. The predicted octanol–water partition coefficient (Wildman–Crippen LogP) is 1.79. The molecule has 0 aliphatic carbocycles. The normalized spacial score (nSPS) is 12.2. The molecule has 0 aliphatic heterocycles. The minimum absolute atomic E-state index is 0.269. The van der Waals surface area contributed by atoms with E-state index >= 15 is 0 Å². The van der Waals surface area contributed by atoms with Crippen LogP contribution in [0.4, 0.5) is 4.39 Å². The molecule has 2 rings (SSSR count). The Hall–Kier alpha value is -0.918. The van der Waals surface area contributed by atoms with Gasteiger partial charge in [-0.1, -0.05) is 19.6 Å². The molecule has 0 aromatic carbocycles. The number of aromatic nitrogens is 3. The molecule has 2 aromatic heterocycles. The largest absolute Gasteiger partial charge is 0.361 e. The summed E-state index contributed by atoms with van der Waals surface area (Å²) in [4.78, 5) is 8.29. The number of halogens is 2. The standard InChI is InChI=1S/C12H18BClFN3OSi/c1-20(2,3)5-4-19-7-18-11-9(16-12(18)14)6-8(15)10(13)17-11/h6H,4-5,7,13H2,1-3H3. The fourth-order valence-electron chi connectivity index (χ4n) is 1.74. The summed E-state index contributed by atoms with van der Waals surface area (Å²) in [6.45, 7) is 7.86. The van der Waals surface area contributed by atoms with Crippen molar-refractivity contribution < 1.29 is 9.13 Å². The Morgan fingerprint density at radius 2 is 2.10 bits per heavy atom. The molecule has 108 valence electrons.